The summed E-state index contributed by atoms with van der Waals surface area (Å²) in [6.07, 6.45) is 2.85. The van der Waals surface area contributed by atoms with Crippen LogP contribution in [0, 0.1) is 0 Å². The van der Waals surface area contributed by atoms with E-state index in [2.05, 4.69) is 27.2 Å². The van der Waals surface area contributed by atoms with Crippen molar-refractivity contribution >= 4 is 32.2 Å². The maximum atomic E-state index is 2.55. The Morgan fingerprint density at radius 3 is 2.50 bits per heavy atom. The lowest BCUT2D eigenvalue weighted by molar-refractivity contribution is 0.883. The summed E-state index contributed by atoms with van der Waals surface area (Å²) in [6, 6.07) is 0. The predicted octanol–water partition coefficient (Wildman–Crippen LogP) is 1.99. The van der Waals surface area contributed by atoms with Crippen molar-refractivity contribution in [2.75, 3.05) is 0 Å². The molecule has 0 nitrogen and oxygen atoms in total. The molecule has 0 bridgehead atoms. The normalized spacial score (nSPS) is 8.33. The zero-order valence-corrected chi connectivity index (χ0v) is 7.78. The molecule has 0 amide bonds. The van der Waals surface area contributed by atoms with E-state index in [0.29, 0.717) is 11.9 Å². The van der Waals surface area contributed by atoms with Crippen LogP contribution in [0.1, 0.15) is 19.8 Å². The highest BCUT2D eigenvalue weighted by atomic mass is 127. The highest BCUT2D eigenvalue weighted by molar-refractivity contribution is 14.1. The summed E-state index contributed by atoms with van der Waals surface area (Å²) in [5.74, 6) is 0. The first-order valence-electron chi connectivity index (χ1n) is 2.47. The summed E-state index contributed by atoms with van der Waals surface area (Å²) >= 11 is 2.92. The second-order valence-corrected chi connectivity index (χ2v) is 5.72. The first-order valence-corrected chi connectivity index (χ1v) is 8.59. The van der Waals surface area contributed by atoms with Crippen LogP contribution in [0.5, 0.6) is 0 Å². The molecule has 0 aromatic heterocycles. The number of unbranched alkanes of at least 4 members (excludes halogenated alkanes) is 1. The minimum Gasteiger partial charge on any atom is -0.216 e. The Bertz CT molecular complexity index is 19.5. The Morgan fingerprint density at radius 1 is 1.67 bits per heavy atom. The minimum atomic E-state index is 0.373. The van der Waals surface area contributed by atoms with E-state index in [4.69, 9.17) is 0 Å². The minimum absolute atomic E-state index is 0.373. The lowest BCUT2D eigenvalue weighted by atomic mass is 10.4. The van der Waals surface area contributed by atoms with E-state index in [-0.39, 0.29) is 0 Å². The quantitative estimate of drug-likeness (QED) is 0.381. The molecule has 0 saturated heterocycles. The molecule has 0 aliphatic heterocycles. The molecule has 0 spiro atoms. The van der Waals surface area contributed by atoms with Crippen LogP contribution in [0.2, 0.25) is 5.28 Å². The molecule has 0 aromatic rings. The molecule has 0 saturated carbocycles. The van der Waals surface area contributed by atoms with Gasteiger partial charge in [-0.2, -0.15) is 0 Å². The molecular weight excluding hydrogens is 202 g/mol. The van der Waals surface area contributed by atoms with Gasteiger partial charge in [-0.3, -0.25) is 0 Å². The molecule has 0 rings (SSSR count). The Labute approximate surface area is 57.1 Å². The van der Waals surface area contributed by atoms with Gasteiger partial charge in [-0.1, -0.05) is 25.0 Å². The summed E-state index contributed by atoms with van der Waals surface area (Å²) in [4.78, 5) is 0. The fraction of sp³-hybridized carbons (Fsp3) is 1.00. The zero-order valence-electron chi connectivity index (χ0n) is 4.21. The van der Waals surface area contributed by atoms with Gasteiger partial charge in [0.05, 0.1) is 0 Å². The molecule has 0 heterocycles. The van der Waals surface area contributed by atoms with Crippen LogP contribution >= 0.6 is 20.3 Å². The molecule has 6 heavy (non-hydrogen) atoms. The zero-order chi connectivity index (χ0) is 4.83. The Kier molecular flexibility index (Phi) is 7.58. The van der Waals surface area contributed by atoms with E-state index >= 15 is 0 Å². The third-order valence-corrected chi connectivity index (χ3v) is 3.79. The smallest absolute Gasteiger partial charge is 0.216 e. The van der Waals surface area contributed by atoms with E-state index in [1.165, 1.54) is 18.1 Å². The van der Waals surface area contributed by atoms with Crippen LogP contribution in [0.4, 0.5) is 0 Å². The van der Waals surface area contributed by atoms with Gasteiger partial charge in [0.1, 0.15) is 0 Å². The van der Waals surface area contributed by atoms with Crippen molar-refractivity contribution in [2.24, 2.45) is 0 Å². The van der Waals surface area contributed by atoms with E-state index in [0.717, 1.165) is 0 Å². The fourth-order valence-corrected chi connectivity index (χ4v) is 2.65. The monoisotopic (exact) mass is 212 g/mol. The molecule has 0 atom stereocenters. The van der Waals surface area contributed by atoms with Crippen molar-refractivity contribution in [3.63, 3.8) is 0 Å². The van der Waals surface area contributed by atoms with Crippen molar-refractivity contribution in [3.8, 4) is 0 Å². The number of rotatable bonds is 3. The standard InChI is InChI=1S/C4H9.Al.HI.H/c1-3-4-2;;;/h1,3-4H2,2H3;;1H;/q;+1;;/p-1. The molecule has 0 aliphatic rings. The molecule has 36 valence electrons. The second-order valence-electron chi connectivity index (χ2n) is 1.40. The molecule has 0 fully saturated rings. The first-order chi connectivity index (χ1) is 2.91. The van der Waals surface area contributed by atoms with Crippen LogP contribution in [0.25, 0.3) is 0 Å². The average Bonchev–Trinajstić information content (AvgIpc) is 1.61. The first kappa shape index (κ1) is 7.26. The third-order valence-electron chi connectivity index (χ3n) is 0.737. The SMILES string of the molecule is CCC[CH2][AlH][I]. The van der Waals surface area contributed by atoms with E-state index in [1.807, 2.05) is 0 Å². The molecule has 0 N–H and O–H groups in total. The number of hydrogen-bond acceptors (Lipinski definition) is 0. The van der Waals surface area contributed by atoms with Crippen LogP contribution in [0.3, 0.4) is 0 Å². The van der Waals surface area contributed by atoms with Gasteiger partial charge in [0.25, 0.3) is 0 Å². The number of hydrogen-bond donors (Lipinski definition) is 0. The Balaban J connectivity index is 2.34. The van der Waals surface area contributed by atoms with Crippen LogP contribution in [-0.2, 0) is 0 Å². The summed E-state index contributed by atoms with van der Waals surface area (Å²) < 4.78 is 0. The van der Waals surface area contributed by atoms with Gasteiger partial charge in [-0.15, -0.1) is 0 Å². The van der Waals surface area contributed by atoms with Gasteiger partial charge in [0, 0.05) is 0 Å². The van der Waals surface area contributed by atoms with Gasteiger partial charge in [-0.05, 0) is 0 Å². The molecule has 0 aromatic carbocycles. The third kappa shape index (κ3) is 5.26. The Morgan fingerprint density at radius 2 is 2.33 bits per heavy atom. The van der Waals surface area contributed by atoms with Crippen molar-refractivity contribution in [1.29, 1.82) is 0 Å². The predicted molar refractivity (Wildman–Crippen MR) is 40.9 cm³/mol. The van der Waals surface area contributed by atoms with E-state index in [1.54, 1.807) is 0 Å². The number of halogens is 1. The summed E-state index contributed by atoms with van der Waals surface area (Å²) in [5, 5.41) is 1.54. The second kappa shape index (κ2) is 6.26. The molecule has 0 aliphatic carbocycles. The van der Waals surface area contributed by atoms with Crippen molar-refractivity contribution in [2.45, 2.75) is 25.0 Å². The lowest BCUT2D eigenvalue weighted by Gasteiger charge is -1.82. The van der Waals surface area contributed by atoms with Gasteiger partial charge in [-0.25, -0.2) is 20.3 Å². The van der Waals surface area contributed by atoms with Crippen LogP contribution in [0.15, 0.2) is 0 Å². The van der Waals surface area contributed by atoms with E-state index in [9.17, 15) is 0 Å². The lowest BCUT2D eigenvalue weighted by Crippen LogP contribution is -1.72. The largest absolute Gasteiger partial charge is 0.337 e. The maximum absolute atomic E-state index is 2.55. The van der Waals surface area contributed by atoms with Gasteiger partial charge >= 0.3 is 11.9 Å². The summed E-state index contributed by atoms with van der Waals surface area (Å²) in [7, 11) is 0. The highest BCUT2D eigenvalue weighted by Gasteiger charge is 1.82. The average molecular weight is 212 g/mol. The van der Waals surface area contributed by atoms with E-state index < -0.39 is 0 Å². The molecule has 0 radical (unpaired) electrons. The van der Waals surface area contributed by atoms with Crippen molar-refractivity contribution < 1.29 is 0 Å². The van der Waals surface area contributed by atoms with Gasteiger partial charge in [0.2, 0.25) is 0 Å². The summed E-state index contributed by atoms with van der Waals surface area (Å²) in [6.45, 7) is 2.25. The topological polar surface area (TPSA) is 0 Å². The van der Waals surface area contributed by atoms with Gasteiger partial charge in [0.15, 0.2) is 0 Å². The van der Waals surface area contributed by atoms with Gasteiger partial charge < -0.3 is 0 Å². The Hall–Kier alpha value is 1.26. The molecule has 0 unspecified atom stereocenters. The maximum Gasteiger partial charge on any atom is 0.337 e. The highest BCUT2D eigenvalue weighted by Crippen LogP contribution is 1.95. The van der Waals surface area contributed by atoms with Crippen molar-refractivity contribution in [3.05, 3.63) is 0 Å². The van der Waals surface area contributed by atoms with Crippen LogP contribution in [-0.4, -0.2) is 11.9 Å². The molecular formula is C4H10AlI. The summed E-state index contributed by atoms with van der Waals surface area (Å²) in [5.41, 5.74) is 0. The fourth-order valence-electron chi connectivity index (χ4n) is 0.344. The van der Waals surface area contributed by atoms with Crippen molar-refractivity contribution in [1.82, 2.24) is 0 Å². The van der Waals surface area contributed by atoms with Crippen LogP contribution < -0.4 is 0 Å². The molecule has 2 heteroatoms.